The predicted molar refractivity (Wildman–Crippen MR) is 81.7 cm³/mol. The van der Waals surface area contributed by atoms with Crippen molar-refractivity contribution in [1.82, 2.24) is 0 Å². The van der Waals surface area contributed by atoms with Gasteiger partial charge in [-0.05, 0) is 52.9 Å². The van der Waals surface area contributed by atoms with Crippen LogP contribution in [-0.4, -0.2) is 21.3 Å². The summed E-state index contributed by atoms with van der Waals surface area (Å²) in [4.78, 5) is 11.4. The molecular formula is C17H20O4. The van der Waals surface area contributed by atoms with Gasteiger partial charge in [0.2, 0.25) is 0 Å². The number of aliphatic hydroxyl groups is 1. The van der Waals surface area contributed by atoms with Crippen LogP contribution in [-0.2, 0) is 13.0 Å². The molecule has 2 aromatic rings. The number of hydrogen-bond acceptors (Lipinski definition) is 3. The Hall–Kier alpha value is -2.07. The first-order valence-electron chi connectivity index (χ1n) is 7.20. The zero-order valence-electron chi connectivity index (χ0n) is 12.1. The number of carboxylic acids is 1. The van der Waals surface area contributed by atoms with Gasteiger partial charge in [-0.15, -0.1) is 0 Å². The predicted octanol–water partition coefficient (Wildman–Crippen LogP) is 3.47. The van der Waals surface area contributed by atoms with Gasteiger partial charge in [0, 0.05) is 0 Å². The molecule has 0 saturated heterocycles. The second-order valence-electron chi connectivity index (χ2n) is 5.21. The van der Waals surface area contributed by atoms with E-state index in [0.717, 1.165) is 36.6 Å². The van der Waals surface area contributed by atoms with Crippen LogP contribution >= 0.6 is 0 Å². The highest BCUT2D eigenvalue weighted by molar-refractivity contribution is 5.98. The largest absolute Gasteiger partial charge is 0.508 e. The minimum Gasteiger partial charge on any atom is -0.508 e. The highest BCUT2D eigenvalue weighted by Crippen LogP contribution is 2.30. The van der Waals surface area contributed by atoms with Crippen molar-refractivity contribution in [3.63, 3.8) is 0 Å². The number of phenolic OH excluding ortho intramolecular Hbond substituents is 1. The minimum absolute atomic E-state index is 0.107. The Labute approximate surface area is 123 Å². The van der Waals surface area contributed by atoms with Crippen molar-refractivity contribution in [3.8, 4) is 5.75 Å². The molecule has 2 aromatic carbocycles. The van der Waals surface area contributed by atoms with Crippen LogP contribution in [0.5, 0.6) is 5.75 Å². The Morgan fingerprint density at radius 3 is 2.52 bits per heavy atom. The van der Waals surface area contributed by atoms with E-state index in [2.05, 4.69) is 6.92 Å². The molecular weight excluding hydrogens is 268 g/mol. The van der Waals surface area contributed by atoms with E-state index in [4.69, 9.17) is 0 Å². The quantitative estimate of drug-likeness (QED) is 0.711. The van der Waals surface area contributed by atoms with Crippen LogP contribution < -0.4 is 0 Å². The number of benzene rings is 2. The number of aryl methyl sites for hydroxylation is 1. The summed E-state index contributed by atoms with van der Waals surface area (Å²) in [7, 11) is 0. The fraction of sp³-hybridized carbons (Fsp3) is 0.353. The molecule has 0 spiro atoms. The van der Waals surface area contributed by atoms with Gasteiger partial charge < -0.3 is 15.3 Å². The maximum atomic E-state index is 11.4. The third kappa shape index (κ3) is 3.16. The third-order valence-electron chi connectivity index (χ3n) is 3.77. The SMILES string of the molecule is CCCCCc1c(CO)c(C(=O)O)cc2cc(O)ccc12. The molecule has 0 radical (unpaired) electrons. The Bertz CT molecular complexity index is 661. The van der Waals surface area contributed by atoms with E-state index in [1.807, 2.05) is 0 Å². The molecule has 0 fully saturated rings. The molecule has 4 heteroatoms. The topological polar surface area (TPSA) is 77.8 Å². The van der Waals surface area contributed by atoms with Gasteiger partial charge in [-0.1, -0.05) is 25.8 Å². The first kappa shape index (κ1) is 15.3. The maximum Gasteiger partial charge on any atom is 0.336 e. The first-order valence-corrected chi connectivity index (χ1v) is 7.20. The molecule has 0 unspecified atom stereocenters. The van der Waals surface area contributed by atoms with Crippen molar-refractivity contribution < 1.29 is 20.1 Å². The van der Waals surface area contributed by atoms with Crippen LogP contribution in [0.4, 0.5) is 0 Å². The third-order valence-corrected chi connectivity index (χ3v) is 3.77. The lowest BCUT2D eigenvalue weighted by molar-refractivity contribution is 0.0693. The van der Waals surface area contributed by atoms with E-state index in [-0.39, 0.29) is 17.9 Å². The highest BCUT2D eigenvalue weighted by atomic mass is 16.4. The van der Waals surface area contributed by atoms with Gasteiger partial charge >= 0.3 is 5.97 Å². The lowest BCUT2D eigenvalue weighted by Crippen LogP contribution is -2.07. The number of unbranched alkanes of at least 4 members (excludes halogenated alkanes) is 2. The lowest BCUT2D eigenvalue weighted by Gasteiger charge is -2.15. The van der Waals surface area contributed by atoms with Gasteiger partial charge in [-0.25, -0.2) is 4.79 Å². The average Bonchev–Trinajstić information content (AvgIpc) is 2.46. The summed E-state index contributed by atoms with van der Waals surface area (Å²) in [6, 6.07) is 6.46. The van der Waals surface area contributed by atoms with E-state index in [0.29, 0.717) is 10.9 Å². The zero-order chi connectivity index (χ0) is 15.4. The van der Waals surface area contributed by atoms with Gasteiger partial charge in [0.1, 0.15) is 5.75 Å². The number of aromatic hydroxyl groups is 1. The molecule has 21 heavy (non-hydrogen) atoms. The molecule has 4 nitrogen and oxygen atoms in total. The van der Waals surface area contributed by atoms with Crippen molar-refractivity contribution in [2.75, 3.05) is 0 Å². The van der Waals surface area contributed by atoms with Crippen molar-refractivity contribution in [2.24, 2.45) is 0 Å². The monoisotopic (exact) mass is 288 g/mol. The van der Waals surface area contributed by atoms with Crippen LogP contribution in [0, 0.1) is 0 Å². The van der Waals surface area contributed by atoms with Crippen LogP contribution in [0.2, 0.25) is 0 Å². The molecule has 0 aliphatic rings. The number of hydrogen-bond donors (Lipinski definition) is 3. The molecule has 0 aromatic heterocycles. The van der Waals surface area contributed by atoms with Crippen LogP contribution in [0.1, 0.15) is 47.7 Å². The maximum absolute atomic E-state index is 11.4. The number of rotatable bonds is 6. The van der Waals surface area contributed by atoms with Crippen molar-refractivity contribution >= 4 is 16.7 Å². The molecule has 0 heterocycles. The van der Waals surface area contributed by atoms with Crippen molar-refractivity contribution in [3.05, 3.63) is 41.0 Å². The Morgan fingerprint density at radius 1 is 1.14 bits per heavy atom. The molecule has 0 atom stereocenters. The van der Waals surface area contributed by atoms with Gasteiger partial charge in [0.15, 0.2) is 0 Å². The molecule has 0 aliphatic heterocycles. The summed E-state index contributed by atoms with van der Waals surface area (Å²) in [6.07, 6.45) is 3.81. The highest BCUT2D eigenvalue weighted by Gasteiger charge is 2.17. The molecule has 3 N–H and O–H groups in total. The standard InChI is InChI=1S/C17H20O4/c1-2-3-4-5-14-13-7-6-12(19)8-11(13)9-15(17(20)21)16(14)10-18/h6-9,18-19H,2-5,10H2,1H3,(H,20,21). The second-order valence-corrected chi connectivity index (χ2v) is 5.21. The van der Waals surface area contributed by atoms with E-state index in [1.165, 1.54) is 6.07 Å². The Morgan fingerprint density at radius 2 is 1.90 bits per heavy atom. The summed E-state index contributed by atoms with van der Waals surface area (Å²) in [5.41, 5.74) is 1.47. The summed E-state index contributed by atoms with van der Waals surface area (Å²) in [6.45, 7) is 1.82. The van der Waals surface area contributed by atoms with Crippen LogP contribution in [0.15, 0.2) is 24.3 Å². The van der Waals surface area contributed by atoms with E-state index in [9.17, 15) is 20.1 Å². The molecule has 0 bridgehead atoms. The summed E-state index contributed by atoms with van der Waals surface area (Å²) in [5, 5.41) is 30.1. The average molecular weight is 288 g/mol. The second kappa shape index (κ2) is 6.59. The number of fused-ring (bicyclic) bond motifs is 1. The number of aromatic carboxylic acids is 1. The number of carboxylic acid groups (broad SMARTS) is 1. The Balaban J connectivity index is 2.65. The van der Waals surface area contributed by atoms with Gasteiger partial charge in [0.25, 0.3) is 0 Å². The van der Waals surface area contributed by atoms with Crippen molar-refractivity contribution in [2.45, 2.75) is 39.2 Å². The van der Waals surface area contributed by atoms with Crippen LogP contribution in [0.25, 0.3) is 10.8 Å². The normalized spacial score (nSPS) is 11.0. The van der Waals surface area contributed by atoms with Crippen LogP contribution in [0.3, 0.4) is 0 Å². The van der Waals surface area contributed by atoms with Crippen molar-refractivity contribution in [1.29, 1.82) is 0 Å². The van der Waals surface area contributed by atoms with E-state index in [1.54, 1.807) is 18.2 Å². The summed E-state index contributed by atoms with van der Waals surface area (Å²) < 4.78 is 0. The molecule has 2 rings (SSSR count). The van der Waals surface area contributed by atoms with Gasteiger partial charge in [-0.3, -0.25) is 0 Å². The Kier molecular flexibility index (Phi) is 4.81. The molecule has 0 amide bonds. The van der Waals surface area contributed by atoms with Gasteiger partial charge in [0.05, 0.1) is 12.2 Å². The molecule has 112 valence electrons. The van der Waals surface area contributed by atoms with E-state index < -0.39 is 5.97 Å². The number of aliphatic hydroxyl groups excluding tert-OH is 1. The minimum atomic E-state index is -1.05. The molecule has 0 aliphatic carbocycles. The van der Waals surface area contributed by atoms with E-state index >= 15 is 0 Å². The summed E-state index contributed by atoms with van der Waals surface area (Å²) in [5.74, 6) is -0.948. The van der Waals surface area contributed by atoms with Gasteiger partial charge in [-0.2, -0.15) is 0 Å². The smallest absolute Gasteiger partial charge is 0.336 e. The lowest BCUT2D eigenvalue weighted by atomic mass is 9.91. The zero-order valence-corrected chi connectivity index (χ0v) is 12.1. The summed E-state index contributed by atoms with van der Waals surface area (Å²) >= 11 is 0. The molecule has 0 saturated carbocycles. The number of carbonyl (C=O) groups is 1. The fourth-order valence-electron chi connectivity index (χ4n) is 2.72. The fourth-order valence-corrected chi connectivity index (χ4v) is 2.72. The first-order chi connectivity index (χ1) is 10.1. The number of phenols is 1.